The van der Waals surface area contributed by atoms with Gasteiger partial charge < -0.3 is 25.1 Å². The molecule has 0 aromatic heterocycles. The molecule has 4 atom stereocenters. The number of nitrogens with two attached hydrogens (primary N) is 1. The number of nitrogens with one attached hydrogen (secondary N) is 1. The molecule has 1 heterocycles. The van der Waals surface area contributed by atoms with Crippen LogP contribution in [0.5, 0.6) is 0 Å². The second kappa shape index (κ2) is 9.35. The Kier molecular flexibility index (Phi) is 7.79. The van der Waals surface area contributed by atoms with Crippen LogP contribution >= 0.6 is 12.4 Å². The SMILES string of the molecule is COCC(N)C(=O)NC(C[C@H]1C[C@@H]1c1ccccc1)B1OC(C)(C)C(C)(C)O1.Cl. The summed E-state index contributed by atoms with van der Waals surface area (Å²) in [4.78, 5) is 12.5. The molecular weight excluding hydrogens is 391 g/mol. The quantitative estimate of drug-likeness (QED) is 0.627. The number of hydrogen-bond acceptors (Lipinski definition) is 5. The van der Waals surface area contributed by atoms with E-state index in [0.717, 1.165) is 12.8 Å². The third-order valence-electron chi connectivity index (χ3n) is 6.32. The molecule has 1 saturated heterocycles. The lowest BCUT2D eigenvalue weighted by molar-refractivity contribution is -0.123. The van der Waals surface area contributed by atoms with E-state index in [9.17, 15) is 4.79 Å². The first-order chi connectivity index (χ1) is 13.1. The van der Waals surface area contributed by atoms with Crippen molar-refractivity contribution < 1.29 is 18.8 Å². The maximum absolute atomic E-state index is 12.5. The van der Waals surface area contributed by atoms with Gasteiger partial charge in [0, 0.05) is 7.11 Å². The molecule has 162 valence electrons. The number of hydrogen-bond donors (Lipinski definition) is 2. The molecular formula is C21H34BClN2O4. The summed E-state index contributed by atoms with van der Waals surface area (Å²) in [6.07, 6.45) is 1.90. The van der Waals surface area contributed by atoms with Gasteiger partial charge in [-0.1, -0.05) is 30.3 Å². The summed E-state index contributed by atoms with van der Waals surface area (Å²) in [5, 5.41) is 3.07. The summed E-state index contributed by atoms with van der Waals surface area (Å²) < 4.78 is 17.5. The summed E-state index contributed by atoms with van der Waals surface area (Å²) in [5.74, 6) is 0.523. The normalized spacial score (nSPS) is 26.3. The summed E-state index contributed by atoms with van der Waals surface area (Å²) >= 11 is 0. The molecule has 6 nitrogen and oxygen atoms in total. The molecule has 2 unspecified atom stereocenters. The Labute approximate surface area is 180 Å². The van der Waals surface area contributed by atoms with Crippen molar-refractivity contribution in [3.8, 4) is 0 Å². The van der Waals surface area contributed by atoms with Crippen LogP contribution in [0.2, 0.25) is 0 Å². The van der Waals surface area contributed by atoms with Crippen molar-refractivity contribution in [2.45, 2.75) is 69.6 Å². The van der Waals surface area contributed by atoms with Crippen LogP contribution in [0.3, 0.4) is 0 Å². The van der Waals surface area contributed by atoms with E-state index in [0.29, 0.717) is 11.8 Å². The number of benzene rings is 1. The summed E-state index contributed by atoms with van der Waals surface area (Å²) in [7, 11) is 1.04. The van der Waals surface area contributed by atoms with E-state index in [1.165, 1.54) is 12.7 Å². The van der Waals surface area contributed by atoms with Crippen LogP contribution in [0.1, 0.15) is 52.0 Å². The average Bonchev–Trinajstić information content (AvgIpc) is 3.35. The summed E-state index contributed by atoms with van der Waals surface area (Å²) in [6, 6.07) is 9.80. The molecule has 29 heavy (non-hydrogen) atoms. The average molecular weight is 425 g/mol. The lowest BCUT2D eigenvalue weighted by atomic mass is 9.74. The molecule has 3 rings (SSSR count). The molecule has 1 saturated carbocycles. The van der Waals surface area contributed by atoms with Crippen molar-refractivity contribution in [2.75, 3.05) is 13.7 Å². The molecule has 1 aliphatic carbocycles. The van der Waals surface area contributed by atoms with Crippen molar-refractivity contribution in [1.82, 2.24) is 5.32 Å². The highest BCUT2D eigenvalue weighted by molar-refractivity contribution is 6.48. The van der Waals surface area contributed by atoms with Crippen LogP contribution in [-0.2, 0) is 18.8 Å². The number of carbonyl (C=O) groups excluding carboxylic acids is 1. The fourth-order valence-electron chi connectivity index (χ4n) is 3.78. The second-order valence-corrected chi connectivity index (χ2v) is 9.05. The Balaban J connectivity index is 0.00000300. The summed E-state index contributed by atoms with van der Waals surface area (Å²) in [6.45, 7) is 8.26. The Morgan fingerprint density at radius 2 is 1.83 bits per heavy atom. The molecule has 1 aromatic carbocycles. The zero-order valence-corrected chi connectivity index (χ0v) is 18.8. The Morgan fingerprint density at radius 1 is 1.24 bits per heavy atom. The third kappa shape index (κ3) is 5.53. The van der Waals surface area contributed by atoms with Gasteiger partial charge in [-0.3, -0.25) is 4.79 Å². The first kappa shape index (κ1) is 24.2. The van der Waals surface area contributed by atoms with Gasteiger partial charge in [0.25, 0.3) is 0 Å². The van der Waals surface area contributed by atoms with Crippen molar-refractivity contribution in [3.63, 3.8) is 0 Å². The van der Waals surface area contributed by atoms with Crippen LogP contribution < -0.4 is 11.1 Å². The maximum Gasteiger partial charge on any atom is 0.481 e. The van der Waals surface area contributed by atoms with Crippen molar-refractivity contribution in [2.24, 2.45) is 11.7 Å². The topological polar surface area (TPSA) is 82.8 Å². The smallest absolute Gasteiger partial charge is 0.402 e. The van der Waals surface area contributed by atoms with E-state index in [4.69, 9.17) is 19.8 Å². The van der Waals surface area contributed by atoms with Crippen LogP contribution in [0.25, 0.3) is 0 Å². The van der Waals surface area contributed by atoms with Crippen LogP contribution in [0.4, 0.5) is 0 Å². The van der Waals surface area contributed by atoms with Gasteiger partial charge in [-0.15, -0.1) is 12.4 Å². The third-order valence-corrected chi connectivity index (χ3v) is 6.32. The van der Waals surface area contributed by atoms with Gasteiger partial charge in [-0.05, 0) is 57.9 Å². The van der Waals surface area contributed by atoms with Gasteiger partial charge in [-0.25, -0.2) is 0 Å². The van der Waals surface area contributed by atoms with E-state index in [1.54, 1.807) is 0 Å². The van der Waals surface area contributed by atoms with Crippen molar-refractivity contribution >= 4 is 25.4 Å². The molecule has 2 fully saturated rings. The molecule has 0 radical (unpaired) electrons. The van der Waals surface area contributed by atoms with Gasteiger partial charge >= 0.3 is 7.12 Å². The van der Waals surface area contributed by atoms with Crippen LogP contribution in [0, 0.1) is 5.92 Å². The zero-order chi connectivity index (χ0) is 20.5. The van der Waals surface area contributed by atoms with E-state index in [-0.39, 0.29) is 30.9 Å². The van der Waals surface area contributed by atoms with Crippen molar-refractivity contribution in [3.05, 3.63) is 35.9 Å². The predicted molar refractivity (Wildman–Crippen MR) is 117 cm³/mol. The zero-order valence-electron chi connectivity index (χ0n) is 18.0. The van der Waals surface area contributed by atoms with E-state index >= 15 is 0 Å². The molecule has 1 amide bonds. The van der Waals surface area contributed by atoms with Gasteiger partial charge in [-0.2, -0.15) is 0 Å². The molecule has 3 N–H and O–H groups in total. The highest BCUT2D eigenvalue weighted by Gasteiger charge is 2.55. The standard InChI is InChI=1S/C21H33BN2O4.ClH/c1-20(2)21(3,4)28-22(27-20)18(24-19(25)17(23)13-26-5)12-15-11-16(15)14-9-7-6-8-10-14;/h6-10,15-18H,11-13,23H2,1-5H3,(H,24,25);1H/t15-,16-,17?,18?;/m1./s1. The molecule has 0 bridgehead atoms. The number of ether oxygens (including phenoxy) is 1. The lowest BCUT2D eigenvalue weighted by Crippen LogP contribution is -2.54. The molecule has 1 aromatic rings. The van der Waals surface area contributed by atoms with Crippen molar-refractivity contribution in [1.29, 1.82) is 0 Å². The number of rotatable bonds is 8. The first-order valence-electron chi connectivity index (χ1n) is 10.1. The van der Waals surface area contributed by atoms with E-state index in [2.05, 4.69) is 29.6 Å². The minimum atomic E-state index is -0.709. The Hall–Kier alpha value is -1.12. The minimum absolute atomic E-state index is 0. The maximum atomic E-state index is 12.5. The monoisotopic (exact) mass is 424 g/mol. The van der Waals surface area contributed by atoms with E-state index < -0.39 is 24.4 Å². The number of halogens is 1. The highest BCUT2D eigenvalue weighted by Crippen LogP contribution is 2.50. The fraction of sp³-hybridized carbons (Fsp3) is 0.667. The molecule has 0 spiro atoms. The second-order valence-electron chi connectivity index (χ2n) is 9.05. The first-order valence-corrected chi connectivity index (χ1v) is 10.1. The van der Waals surface area contributed by atoms with Gasteiger partial charge in [0.2, 0.25) is 5.91 Å². The molecule has 2 aliphatic rings. The number of amides is 1. The Bertz CT molecular complexity index is 673. The molecule has 1 aliphatic heterocycles. The molecule has 8 heteroatoms. The largest absolute Gasteiger partial charge is 0.481 e. The fourth-order valence-corrected chi connectivity index (χ4v) is 3.78. The van der Waals surface area contributed by atoms with E-state index in [1.807, 2.05) is 33.8 Å². The lowest BCUT2D eigenvalue weighted by Gasteiger charge is -2.32. The number of carbonyl (C=O) groups is 1. The highest BCUT2D eigenvalue weighted by atomic mass is 35.5. The Morgan fingerprint density at radius 3 is 2.38 bits per heavy atom. The van der Waals surface area contributed by atoms with Gasteiger partial charge in [0.15, 0.2) is 0 Å². The van der Waals surface area contributed by atoms with Crippen LogP contribution in [0.15, 0.2) is 30.3 Å². The number of methoxy groups -OCH3 is 1. The minimum Gasteiger partial charge on any atom is -0.402 e. The van der Waals surface area contributed by atoms with Crippen LogP contribution in [-0.4, -0.2) is 49.9 Å². The van der Waals surface area contributed by atoms with Gasteiger partial charge in [0.1, 0.15) is 6.04 Å². The predicted octanol–water partition coefficient (Wildman–Crippen LogP) is 2.69. The summed E-state index contributed by atoms with van der Waals surface area (Å²) in [5.41, 5.74) is 6.38. The van der Waals surface area contributed by atoms with Gasteiger partial charge in [0.05, 0.1) is 23.8 Å².